The Morgan fingerprint density at radius 3 is 2.69 bits per heavy atom. The standard InChI is InChI=1S/C11H23NO/c1-4-10-8-12(7-9(2)3)6-5-11(10)13/h9-11,13H,4-8H2,1-3H3/t10-,11+/m0/s1. The van der Waals surface area contributed by atoms with E-state index in [0.29, 0.717) is 5.92 Å². The van der Waals surface area contributed by atoms with Gasteiger partial charge in [0.2, 0.25) is 0 Å². The maximum atomic E-state index is 9.69. The first-order valence-corrected chi connectivity index (χ1v) is 5.54. The molecular formula is C11H23NO. The molecule has 1 N–H and O–H groups in total. The van der Waals surface area contributed by atoms with E-state index in [-0.39, 0.29) is 6.10 Å². The molecule has 1 fully saturated rings. The van der Waals surface area contributed by atoms with Gasteiger partial charge in [0.1, 0.15) is 0 Å². The minimum Gasteiger partial charge on any atom is -0.393 e. The Balaban J connectivity index is 2.36. The molecule has 1 saturated heterocycles. The van der Waals surface area contributed by atoms with Gasteiger partial charge in [0.05, 0.1) is 6.10 Å². The van der Waals surface area contributed by atoms with Gasteiger partial charge in [0.15, 0.2) is 0 Å². The zero-order valence-electron chi connectivity index (χ0n) is 9.16. The van der Waals surface area contributed by atoms with Gasteiger partial charge in [-0.3, -0.25) is 0 Å². The number of likely N-dealkylation sites (tertiary alicyclic amines) is 1. The fourth-order valence-electron chi connectivity index (χ4n) is 2.18. The molecule has 1 rings (SSSR count). The molecule has 2 atom stereocenters. The molecule has 0 amide bonds. The van der Waals surface area contributed by atoms with Gasteiger partial charge in [-0.2, -0.15) is 0 Å². The lowest BCUT2D eigenvalue weighted by atomic mass is 9.92. The van der Waals surface area contributed by atoms with Crippen molar-refractivity contribution >= 4 is 0 Å². The average Bonchev–Trinajstić information content (AvgIpc) is 2.07. The Labute approximate surface area is 81.9 Å². The molecule has 0 bridgehead atoms. The van der Waals surface area contributed by atoms with Crippen molar-refractivity contribution in [3.05, 3.63) is 0 Å². The first-order chi connectivity index (χ1) is 6.13. The number of piperidine rings is 1. The molecular weight excluding hydrogens is 162 g/mol. The van der Waals surface area contributed by atoms with Crippen molar-refractivity contribution in [3.63, 3.8) is 0 Å². The van der Waals surface area contributed by atoms with E-state index in [1.165, 1.54) is 6.54 Å². The summed E-state index contributed by atoms with van der Waals surface area (Å²) in [6, 6.07) is 0. The summed E-state index contributed by atoms with van der Waals surface area (Å²) in [5, 5.41) is 9.69. The highest BCUT2D eigenvalue weighted by Gasteiger charge is 2.26. The lowest BCUT2D eigenvalue weighted by Crippen LogP contribution is -2.44. The highest BCUT2D eigenvalue weighted by Crippen LogP contribution is 2.20. The lowest BCUT2D eigenvalue weighted by molar-refractivity contribution is 0.0212. The zero-order valence-corrected chi connectivity index (χ0v) is 9.16. The molecule has 0 radical (unpaired) electrons. The van der Waals surface area contributed by atoms with Crippen LogP contribution < -0.4 is 0 Å². The topological polar surface area (TPSA) is 23.5 Å². The highest BCUT2D eigenvalue weighted by atomic mass is 16.3. The average molecular weight is 185 g/mol. The second kappa shape index (κ2) is 4.97. The van der Waals surface area contributed by atoms with Gasteiger partial charge in [-0.15, -0.1) is 0 Å². The van der Waals surface area contributed by atoms with E-state index in [1.807, 2.05) is 0 Å². The Morgan fingerprint density at radius 1 is 1.46 bits per heavy atom. The largest absolute Gasteiger partial charge is 0.393 e. The minimum atomic E-state index is -0.0478. The Kier molecular flexibility index (Phi) is 4.20. The van der Waals surface area contributed by atoms with E-state index in [1.54, 1.807) is 0 Å². The van der Waals surface area contributed by atoms with E-state index in [9.17, 15) is 5.11 Å². The number of aliphatic hydroxyl groups excluding tert-OH is 1. The number of hydrogen-bond donors (Lipinski definition) is 1. The molecule has 1 heterocycles. The van der Waals surface area contributed by atoms with Crippen LogP contribution in [0.1, 0.15) is 33.6 Å². The van der Waals surface area contributed by atoms with E-state index >= 15 is 0 Å². The third-order valence-corrected chi connectivity index (χ3v) is 2.93. The number of aliphatic hydroxyl groups is 1. The van der Waals surface area contributed by atoms with Crippen molar-refractivity contribution in [1.82, 2.24) is 4.90 Å². The molecule has 0 unspecified atom stereocenters. The fourth-order valence-corrected chi connectivity index (χ4v) is 2.18. The summed E-state index contributed by atoms with van der Waals surface area (Å²) in [6.07, 6.45) is 2.02. The molecule has 0 spiro atoms. The summed E-state index contributed by atoms with van der Waals surface area (Å²) in [5.74, 6) is 1.25. The third-order valence-electron chi connectivity index (χ3n) is 2.93. The van der Waals surface area contributed by atoms with Gasteiger partial charge in [0.25, 0.3) is 0 Å². The second-order valence-corrected chi connectivity index (χ2v) is 4.68. The van der Waals surface area contributed by atoms with Crippen LogP contribution >= 0.6 is 0 Å². The molecule has 0 aromatic carbocycles. The third kappa shape index (κ3) is 3.28. The van der Waals surface area contributed by atoms with Gasteiger partial charge in [0, 0.05) is 19.6 Å². The predicted octanol–water partition coefficient (Wildman–Crippen LogP) is 1.74. The molecule has 2 nitrogen and oxygen atoms in total. The highest BCUT2D eigenvalue weighted by molar-refractivity contribution is 4.79. The molecule has 0 aromatic heterocycles. The Morgan fingerprint density at radius 2 is 2.15 bits per heavy atom. The van der Waals surface area contributed by atoms with Crippen LogP contribution in [-0.4, -0.2) is 35.7 Å². The van der Waals surface area contributed by atoms with Crippen LogP contribution in [0, 0.1) is 11.8 Å². The number of rotatable bonds is 3. The maximum absolute atomic E-state index is 9.69. The summed E-state index contributed by atoms with van der Waals surface area (Å²) in [5.41, 5.74) is 0. The van der Waals surface area contributed by atoms with Crippen LogP contribution in [0.3, 0.4) is 0 Å². The Bertz CT molecular complexity index is 147. The first kappa shape index (κ1) is 11.0. The van der Waals surface area contributed by atoms with Crippen molar-refractivity contribution in [2.24, 2.45) is 11.8 Å². The molecule has 13 heavy (non-hydrogen) atoms. The predicted molar refractivity (Wildman–Crippen MR) is 55.7 cm³/mol. The van der Waals surface area contributed by atoms with Crippen molar-refractivity contribution in [2.45, 2.75) is 39.7 Å². The van der Waals surface area contributed by atoms with Crippen molar-refractivity contribution in [2.75, 3.05) is 19.6 Å². The van der Waals surface area contributed by atoms with Gasteiger partial charge in [-0.1, -0.05) is 20.8 Å². The molecule has 0 aromatic rings. The van der Waals surface area contributed by atoms with Crippen molar-refractivity contribution in [1.29, 1.82) is 0 Å². The van der Waals surface area contributed by atoms with Crippen LogP contribution in [-0.2, 0) is 0 Å². The quantitative estimate of drug-likeness (QED) is 0.724. The molecule has 78 valence electrons. The van der Waals surface area contributed by atoms with Gasteiger partial charge in [-0.05, 0) is 24.7 Å². The molecule has 0 saturated carbocycles. The lowest BCUT2D eigenvalue weighted by Gasteiger charge is -2.36. The zero-order chi connectivity index (χ0) is 9.84. The minimum absolute atomic E-state index is 0.0478. The molecule has 1 aliphatic rings. The Hall–Kier alpha value is -0.0800. The normalized spacial score (nSPS) is 31.2. The van der Waals surface area contributed by atoms with E-state index in [4.69, 9.17) is 0 Å². The van der Waals surface area contributed by atoms with Gasteiger partial charge < -0.3 is 10.0 Å². The maximum Gasteiger partial charge on any atom is 0.0592 e. The van der Waals surface area contributed by atoms with E-state index < -0.39 is 0 Å². The van der Waals surface area contributed by atoms with Crippen molar-refractivity contribution in [3.8, 4) is 0 Å². The fraction of sp³-hybridized carbons (Fsp3) is 1.00. The van der Waals surface area contributed by atoms with Crippen LogP contribution in [0.25, 0.3) is 0 Å². The first-order valence-electron chi connectivity index (χ1n) is 5.54. The monoisotopic (exact) mass is 185 g/mol. The van der Waals surface area contributed by atoms with E-state index in [0.717, 1.165) is 31.8 Å². The van der Waals surface area contributed by atoms with Crippen LogP contribution in [0.4, 0.5) is 0 Å². The molecule has 2 heteroatoms. The summed E-state index contributed by atoms with van der Waals surface area (Å²) in [7, 11) is 0. The summed E-state index contributed by atoms with van der Waals surface area (Å²) >= 11 is 0. The van der Waals surface area contributed by atoms with E-state index in [2.05, 4.69) is 25.7 Å². The van der Waals surface area contributed by atoms with Crippen LogP contribution in [0.2, 0.25) is 0 Å². The summed E-state index contributed by atoms with van der Waals surface area (Å²) in [4.78, 5) is 2.49. The number of nitrogens with zero attached hydrogens (tertiary/aromatic N) is 1. The summed E-state index contributed by atoms with van der Waals surface area (Å²) < 4.78 is 0. The smallest absolute Gasteiger partial charge is 0.0592 e. The molecule has 0 aliphatic carbocycles. The number of hydrogen-bond acceptors (Lipinski definition) is 2. The molecule has 1 aliphatic heterocycles. The van der Waals surface area contributed by atoms with Crippen LogP contribution in [0.5, 0.6) is 0 Å². The SMILES string of the molecule is CC[C@H]1CN(CC(C)C)CC[C@H]1O. The van der Waals surface area contributed by atoms with Gasteiger partial charge >= 0.3 is 0 Å². The second-order valence-electron chi connectivity index (χ2n) is 4.68. The van der Waals surface area contributed by atoms with Gasteiger partial charge in [-0.25, -0.2) is 0 Å². The van der Waals surface area contributed by atoms with Crippen LogP contribution in [0.15, 0.2) is 0 Å². The summed E-state index contributed by atoms with van der Waals surface area (Å²) in [6.45, 7) is 10.0. The van der Waals surface area contributed by atoms with Crippen molar-refractivity contribution < 1.29 is 5.11 Å².